The van der Waals surface area contributed by atoms with Crippen LogP contribution in [0.3, 0.4) is 0 Å². The molecule has 0 aromatic heterocycles. The quantitative estimate of drug-likeness (QED) is 0.834. The number of benzene rings is 1. The number of carbonyl (C=O) groups excluding carboxylic acids is 1. The van der Waals surface area contributed by atoms with Crippen LogP contribution in [0.2, 0.25) is 5.02 Å². The predicted octanol–water partition coefficient (Wildman–Crippen LogP) is 3.94. The Labute approximate surface area is 126 Å². The molecule has 2 N–H and O–H groups in total. The highest BCUT2D eigenvalue weighted by Gasteiger charge is 2.45. The van der Waals surface area contributed by atoms with Gasteiger partial charge in [0, 0.05) is 23.8 Å². The minimum Gasteiger partial charge on any atom is -0.385 e. The van der Waals surface area contributed by atoms with E-state index in [1.165, 1.54) is 12.8 Å². The van der Waals surface area contributed by atoms with Crippen LogP contribution in [-0.4, -0.2) is 19.0 Å². The van der Waals surface area contributed by atoms with Gasteiger partial charge in [-0.1, -0.05) is 25.4 Å². The highest BCUT2D eigenvalue weighted by atomic mass is 35.5. The third-order valence-corrected chi connectivity index (χ3v) is 4.55. The first kappa shape index (κ1) is 15.2. The third kappa shape index (κ3) is 3.26. The summed E-state index contributed by atoms with van der Waals surface area (Å²) in [6.07, 6.45) is 2.42. The van der Waals surface area contributed by atoms with Crippen LogP contribution < -0.4 is 10.6 Å². The summed E-state index contributed by atoms with van der Waals surface area (Å²) in [5.74, 6) is 0.561. The lowest BCUT2D eigenvalue weighted by Crippen LogP contribution is -2.33. The van der Waals surface area contributed by atoms with Gasteiger partial charge in [0.05, 0.1) is 5.56 Å². The van der Waals surface area contributed by atoms with Crippen molar-refractivity contribution in [1.29, 1.82) is 0 Å². The zero-order valence-electron chi connectivity index (χ0n) is 12.4. The summed E-state index contributed by atoms with van der Waals surface area (Å²) in [4.78, 5) is 12.4. The van der Waals surface area contributed by atoms with E-state index < -0.39 is 0 Å². The van der Waals surface area contributed by atoms with Crippen molar-refractivity contribution >= 4 is 23.2 Å². The molecule has 0 radical (unpaired) electrons. The molecule has 0 bridgehead atoms. The molecule has 0 atom stereocenters. The standard InChI is InChI=1S/C16H23ClN2O/c1-4-18-14-6-5-12(17)9-13(14)15(20)19-10-16(7-8-16)11(2)3/h5-6,9,11,18H,4,7-8,10H2,1-3H3,(H,19,20). The maximum absolute atomic E-state index is 12.4. The Kier molecular flexibility index (Phi) is 4.59. The molecule has 1 fully saturated rings. The number of hydrogen-bond acceptors (Lipinski definition) is 2. The fraction of sp³-hybridized carbons (Fsp3) is 0.562. The molecular weight excluding hydrogens is 272 g/mol. The van der Waals surface area contributed by atoms with Crippen LogP contribution in [0.25, 0.3) is 0 Å². The first-order valence-corrected chi connectivity index (χ1v) is 7.68. The van der Waals surface area contributed by atoms with Gasteiger partial charge in [0.15, 0.2) is 0 Å². The highest BCUT2D eigenvalue weighted by Crippen LogP contribution is 2.51. The maximum atomic E-state index is 12.4. The van der Waals surface area contributed by atoms with Gasteiger partial charge in [-0.05, 0) is 49.3 Å². The summed E-state index contributed by atoms with van der Waals surface area (Å²) >= 11 is 6.01. The smallest absolute Gasteiger partial charge is 0.253 e. The molecule has 0 saturated heterocycles. The van der Waals surface area contributed by atoms with Crippen LogP contribution in [-0.2, 0) is 0 Å². The van der Waals surface area contributed by atoms with Gasteiger partial charge in [-0.2, -0.15) is 0 Å². The van der Waals surface area contributed by atoms with Crippen LogP contribution in [0.1, 0.15) is 44.0 Å². The number of rotatable bonds is 6. The Balaban J connectivity index is 2.07. The molecule has 1 aliphatic carbocycles. The molecule has 1 amide bonds. The summed E-state index contributed by atoms with van der Waals surface area (Å²) in [6, 6.07) is 5.38. The molecule has 0 unspecified atom stereocenters. The van der Waals surface area contributed by atoms with E-state index in [1.54, 1.807) is 12.1 Å². The predicted molar refractivity (Wildman–Crippen MR) is 84.5 cm³/mol. The number of anilines is 1. The van der Waals surface area contributed by atoms with Gasteiger partial charge in [-0.15, -0.1) is 0 Å². The van der Waals surface area contributed by atoms with E-state index in [4.69, 9.17) is 11.6 Å². The van der Waals surface area contributed by atoms with Crippen LogP contribution in [0.15, 0.2) is 18.2 Å². The van der Waals surface area contributed by atoms with Crippen LogP contribution >= 0.6 is 11.6 Å². The fourth-order valence-electron chi connectivity index (χ4n) is 2.52. The molecule has 0 spiro atoms. The van der Waals surface area contributed by atoms with Gasteiger partial charge in [-0.3, -0.25) is 4.79 Å². The van der Waals surface area contributed by atoms with Crippen molar-refractivity contribution in [3.05, 3.63) is 28.8 Å². The Bertz CT molecular complexity index is 495. The second kappa shape index (κ2) is 6.04. The van der Waals surface area contributed by atoms with Crippen molar-refractivity contribution in [3.8, 4) is 0 Å². The average molecular weight is 295 g/mol. The topological polar surface area (TPSA) is 41.1 Å². The Morgan fingerprint density at radius 2 is 2.10 bits per heavy atom. The largest absolute Gasteiger partial charge is 0.385 e. The number of halogens is 1. The molecule has 2 rings (SSSR count). The molecule has 20 heavy (non-hydrogen) atoms. The van der Waals surface area contributed by atoms with Crippen LogP contribution in [0.4, 0.5) is 5.69 Å². The van der Waals surface area contributed by atoms with Crippen molar-refractivity contribution in [2.24, 2.45) is 11.3 Å². The van der Waals surface area contributed by atoms with Gasteiger partial charge in [-0.25, -0.2) is 0 Å². The molecule has 1 saturated carbocycles. The van der Waals surface area contributed by atoms with E-state index in [-0.39, 0.29) is 5.91 Å². The summed E-state index contributed by atoms with van der Waals surface area (Å²) in [5, 5.41) is 6.86. The van der Waals surface area contributed by atoms with Crippen LogP contribution in [0.5, 0.6) is 0 Å². The van der Waals surface area contributed by atoms with Gasteiger partial charge in [0.1, 0.15) is 0 Å². The molecule has 0 heterocycles. The molecule has 4 heteroatoms. The zero-order chi connectivity index (χ0) is 14.8. The van der Waals surface area contributed by atoms with Crippen molar-refractivity contribution in [1.82, 2.24) is 5.32 Å². The lowest BCUT2D eigenvalue weighted by atomic mass is 9.92. The van der Waals surface area contributed by atoms with E-state index in [0.717, 1.165) is 18.8 Å². The molecule has 1 aromatic rings. The van der Waals surface area contributed by atoms with Crippen LogP contribution in [0, 0.1) is 11.3 Å². The molecule has 1 aliphatic rings. The minimum atomic E-state index is -0.0459. The molecular formula is C16H23ClN2O. The first-order valence-electron chi connectivity index (χ1n) is 7.30. The number of hydrogen-bond donors (Lipinski definition) is 2. The second-order valence-electron chi connectivity index (χ2n) is 5.92. The summed E-state index contributed by atoms with van der Waals surface area (Å²) in [5.41, 5.74) is 1.77. The number of nitrogens with one attached hydrogen (secondary N) is 2. The summed E-state index contributed by atoms with van der Waals surface area (Å²) < 4.78 is 0. The van der Waals surface area contributed by atoms with E-state index in [9.17, 15) is 4.79 Å². The Hall–Kier alpha value is -1.22. The highest BCUT2D eigenvalue weighted by molar-refractivity contribution is 6.31. The van der Waals surface area contributed by atoms with Gasteiger partial charge >= 0.3 is 0 Å². The van der Waals surface area contributed by atoms with Gasteiger partial charge in [0.2, 0.25) is 0 Å². The molecule has 3 nitrogen and oxygen atoms in total. The van der Waals surface area contributed by atoms with E-state index in [1.807, 2.05) is 13.0 Å². The molecule has 0 aliphatic heterocycles. The minimum absolute atomic E-state index is 0.0459. The number of amides is 1. The lowest BCUT2D eigenvalue weighted by Gasteiger charge is -2.20. The van der Waals surface area contributed by atoms with E-state index in [2.05, 4.69) is 24.5 Å². The van der Waals surface area contributed by atoms with Gasteiger partial charge < -0.3 is 10.6 Å². The normalized spacial score (nSPS) is 16.1. The summed E-state index contributed by atoms with van der Waals surface area (Å²) in [6.45, 7) is 7.99. The third-order valence-electron chi connectivity index (χ3n) is 4.31. The van der Waals surface area contributed by atoms with Crippen molar-refractivity contribution in [3.63, 3.8) is 0 Å². The lowest BCUT2D eigenvalue weighted by molar-refractivity contribution is 0.0940. The Morgan fingerprint density at radius 1 is 1.40 bits per heavy atom. The van der Waals surface area contributed by atoms with Crippen molar-refractivity contribution in [2.75, 3.05) is 18.4 Å². The van der Waals surface area contributed by atoms with Crippen molar-refractivity contribution in [2.45, 2.75) is 33.6 Å². The second-order valence-corrected chi connectivity index (χ2v) is 6.36. The molecule has 1 aromatic carbocycles. The first-order chi connectivity index (χ1) is 9.48. The zero-order valence-corrected chi connectivity index (χ0v) is 13.2. The summed E-state index contributed by atoms with van der Waals surface area (Å²) in [7, 11) is 0. The average Bonchev–Trinajstić information content (AvgIpc) is 3.19. The Morgan fingerprint density at radius 3 is 2.65 bits per heavy atom. The maximum Gasteiger partial charge on any atom is 0.253 e. The van der Waals surface area contributed by atoms with Crippen molar-refractivity contribution < 1.29 is 4.79 Å². The monoisotopic (exact) mass is 294 g/mol. The molecule has 110 valence electrons. The number of carbonyl (C=O) groups is 1. The van der Waals surface area contributed by atoms with E-state index >= 15 is 0 Å². The van der Waals surface area contributed by atoms with Gasteiger partial charge in [0.25, 0.3) is 5.91 Å². The van der Waals surface area contributed by atoms with E-state index in [0.29, 0.717) is 21.9 Å². The SMILES string of the molecule is CCNc1ccc(Cl)cc1C(=O)NCC1(C(C)C)CC1. The fourth-order valence-corrected chi connectivity index (χ4v) is 2.69.